The predicted octanol–water partition coefficient (Wildman–Crippen LogP) is 10.6. The number of hydrogen-bond acceptors (Lipinski definition) is 5. The maximum atomic E-state index is 12.9. The second-order valence-electron chi connectivity index (χ2n) is 12.9. The molecule has 1 aliphatic heterocycles. The van der Waals surface area contributed by atoms with Crippen molar-refractivity contribution >= 4 is 11.8 Å². The topological polar surface area (TPSA) is 68.9 Å². The van der Waals surface area contributed by atoms with Crippen molar-refractivity contribution in [3.8, 4) is 6.07 Å². The minimum absolute atomic E-state index is 0.0606. The first-order valence-corrected chi connectivity index (χ1v) is 16.9. The molecule has 0 aromatic carbocycles. The number of hydrogen-bond donors (Lipinski definition) is 0. The molecule has 1 aliphatic carbocycles. The number of piperazine rings is 1. The number of aliphatic imine (C=N–C) groups is 1. The van der Waals surface area contributed by atoms with E-state index in [0.29, 0.717) is 31.6 Å². The summed E-state index contributed by atoms with van der Waals surface area (Å²) in [6.07, 6.45) is 14.6. The fraction of sp³-hybridized carbons (Fsp3) is 0.525. The monoisotopic (exact) mass is 628 g/mol. The van der Waals surface area contributed by atoms with Crippen LogP contribution in [0.2, 0.25) is 0 Å². The maximum Gasteiger partial charge on any atom is 0.410 e. The normalized spacial score (nSPS) is 18.0. The smallest absolute Gasteiger partial charge is 0.410 e. The minimum atomic E-state index is -0.539. The van der Waals surface area contributed by atoms with Gasteiger partial charge in [-0.2, -0.15) is 5.26 Å². The third kappa shape index (κ3) is 11.8. The lowest BCUT2D eigenvalue weighted by Crippen LogP contribution is -2.54. The highest BCUT2D eigenvalue weighted by Crippen LogP contribution is 2.34. The Kier molecular flexibility index (Phi) is 17.1. The molecule has 252 valence electrons. The van der Waals surface area contributed by atoms with Crippen molar-refractivity contribution in [2.75, 3.05) is 19.6 Å². The maximum absolute atomic E-state index is 12.9. The zero-order chi connectivity index (χ0) is 35.0. The molecule has 0 radical (unpaired) electrons. The number of amides is 1. The highest BCUT2D eigenvalue weighted by Gasteiger charge is 2.32. The van der Waals surface area contributed by atoms with E-state index in [4.69, 9.17) is 9.73 Å². The molecule has 0 unspecified atom stereocenters. The molecule has 0 bridgehead atoms. The second kappa shape index (κ2) is 19.6. The van der Waals surface area contributed by atoms with Crippen molar-refractivity contribution in [3.63, 3.8) is 0 Å². The van der Waals surface area contributed by atoms with Crippen LogP contribution in [-0.2, 0) is 4.74 Å². The Bertz CT molecular complexity index is 1340. The number of rotatable bonds is 11. The van der Waals surface area contributed by atoms with Gasteiger partial charge in [0.1, 0.15) is 5.60 Å². The molecule has 0 aromatic heterocycles. The molecular formula is C40H60N4O2. The van der Waals surface area contributed by atoms with Gasteiger partial charge in [0, 0.05) is 49.6 Å². The van der Waals surface area contributed by atoms with Gasteiger partial charge in [0.15, 0.2) is 0 Å². The summed E-state index contributed by atoms with van der Waals surface area (Å²) >= 11 is 0. The van der Waals surface area contributed by atoms with Gasteiger partial charge < -0.3 is 14.5 Å². The van der Waals surface area contributed by atoms with Crippen LogP contribution in [-0.4, -0.2) is 52.9 Å². The summed E-state index contributed by atoms with van der Waals surface area (Å²) < 4.78 is 5.66. The number of ether oxygens (including phenoxy) is 1. The van der Waals surface area contributed by atoms with Crippen LogP contribution in [0.5, 0.6) is 0 Å². The van der Waals surface area contributed by atoms with Crippen LogP contribution < -0.4 is 0 Å². The molecule has 1 atom stereocenters. The Hall–Kier alpha value is -3.85. The molecule has 1 fully saturated rings. The van der Waals surface area contributed by atoms with Gasteiger partial charge in [-0.3, -0.25) is 4.99 Å². The molecule has 6 nitrogen and oxygen atoms in total. The fourth-order valence-electron chi connectivity index (χ4n) is 5.72. The molecule has 0 N–H and O–H groups in total. The molecule has 2 aliphatic rings. The van der Waals surface area contributed by atoms with Crippen molar-refractivity contribution < 1.29 is 9.53 Å². The van der Waals surface area contributed by atoms with Crippen LogP contribution in [0, 0.1) is 11.3 Å². The first kappa shape index (κ1) is 40.2. The van der Waals surface area contributed by atoms with E-state index in [1.165, 1.54) is 12.0 Å². The van der Waals surface area contributed by atoms with Gasteiger partial charge in [-0.05, 0) is 95.2 Å². The van der Waals surface area contributed by atoms with Crippen LogP contribution in [0.3, 0.4) is 0 Å². The molecular weight excluding hydrogens is 568 g/mol. The number of nitriles is 1. The summed E-state index contributed by atoms with van der Waals surface area (Å²) in [6, 6.07) is 2.36. The van der Waals surface area contributed by atoms with E-state index >= 15 is 0 Å². The summed E-state index contributed by atoms with van der Waals surface area (Å²) in [4.78, 5) is 21.9. The summed E-state index contributed by atoms with van der Waals surface area (Å²) in [6.45, 7) is 35.3. The van der Waals surface area contributed by atoms with E-state index in [2.05, 4.69) is 78.3 Å². The lowest BCUT2D eigenvalue weighted by Gasteiger charge is -2.43. The first-order chi connectivity index (χ1) is 21.7. The molecule has 6 heteroatoms. The third-order valence-electron chi connectivity index (χ3n) is 7.76. The highest BCUT2D eigenvalue weighted by atomic mass is 16.6. The van der Waals surface area contributed by atoms with Gasteiger partial charge in [0.25, 0.3) is 0 Å². The molecule has 0 spiro atoms. The zero-order valence-corrected chi connectivity index (χ0v) is 30.6. The van der Waals surface area contributed by atoms with Crippen LogP contribution in [0.25, 0.3) is 0 Å². The lowest BCUT2D eigenvalue weighted by molar-refractivity contribution is 0.0101. The zero-order valence-electron chi connectivity index (χ0n) is 30.6. The molecule has 1 saturated heterocycles. The van der Waals surface area contributed by atoms with E-state index in [0.717, 1.165) is 65.0 Å². The van der Waals surface area contributed by atoms with Gasteiger partial charge in [0.05, 0.1) is 17.4 Å². The van der Waals surface area contributed by atoms with Crippen molar-refractivity contribution in [2.45, 2.75) is 119 Å². The summed E-state index contributed by atoms with van der Waals surface area (Å²) in [5.41, 5.74) is 8.35. The van der Waals surface area contributed by atoms with Crippen molar-refractivity contribution in [3.05, 3.63) is 94.9 Å². The third-order valence-corrected chi connectivity index (χ3v) is 7.76. The summed E-state index contributed by atoms with van der Waals surface area (Å²) in [5.74, 6) is 0. The van der Waals surface area contributed by atoms with Crippen molar-refractivity contribution in [1.29, 1.82) is 5.26 Å². The van der Waals surface area contributed by atoms with Crippen molar-refractivity contribution in [1.82, 2.24) is 9.80 Å². The van der Waals surface area contributed by atoms with Crippen LogP contribution in [0.15, 0.2) is 99.9 Å². The Morgan fingerprint density at radius 2 is 1.85 bits per heavy atom. The van der Waals surface area contributed by atoms with Gasteiger partial charge in [-0.15, -0.1) is 0 Å². The second-order valence-corrected chi connectivity index (χ2v) is 12.9. The molecule has 2 rings (SSSR count). The van der Waals surface area contributed by atoms with E-state index in [9.17, 15) is 10.1 Å². The Balaban J connectivity index is 0.00000338. The quantitative estimate of drug-likeness (QED) is 0.169. The largest absolute Gasteiger partial charge is 0.444 e. The minimum Gasteiger partial charge on any atom is -0.444 e. The molecule has 1 heterocycles. The Morgan fingerprint density at radius 1 is 1.20 bits per heavy atom. The Morgan fingerprint density at radius 3 is 2.35 bits per heavy atom. The van der Waals surface area contributed by atoms with Crippen LogP contribution >= 0.6 is 0 Å². The van der Waals surface area contributed by atoms with Crippen molar-refractivity contribution in [2.24, 2.45) is 4.99 Å². The average molecular weight is 629 g/mol. The SMILES string of the molecule is C=CN=C(CC(=C)C1=C(CC)CC=CC(C#N)=C1)C(/C(=C\C)C(=C)CCC)=C(\C)N1CCN(C(=O)OC(C)(C)C)C[C@@H]1C.CCC. The van der Waals surface area contributed by atoms with Gasteiger partial charge in [0.2, 0.25) is 0 Å². The number of nitrogens with zero attached hydrogens (tertiary/aromatic N) is 4. The number of carbonyl (C=O) groups excluding carboxylic acids is 1. The molecule has 0 aromatic rings. The van der Waals surface area contributed by atoms with Crippen LogP contribution in [0.4, 0.5) is 4.79 Å². The molecule has 46 heavy (non-hydrogen) atoms. The Labute approximate surface area is 281 Å². The molecule has 0 saturated carbocycles. The highest BCUT2D eigenvalue weighted by molar-refractivity contribution is 6.07. The van der Waals surface area contributed by atoms with Gasteiger partial charge >= 0.3 is 6.09 Å². The van der Waals surface area contributed by atoms with E-state index in [-0.39, 0.29) is 12.1 Å². The fourth-order valence-corrected chi connectivity index (χ4v) is 5.72. The molecule has 1 amide bonds. The van der Waals surface area contributed by atoms with Crippen LogP contribution in [0.1, 0.15) is 108 Å². The summed E-state index contributed by atoms with van der Waals surface area (Å²) in [7, 11) is 0. The van der Waals surface area contributed by atoms with E-state index < -0.39 is 5.60 Å². The first-order valence-electron chi connectivity index (χ1n) is 16.9. The summed E-state index contributed by atoms with van der Waals surface area (Å²) in [5, 5.41) is 9.67. The van der Waals surface area contributed by atoms with Gasteiger partial charge in [-0.25, -0.2) is 4.79 Å². The lowest BCUT2D eigenvalue weighted by atomic mass is 9.85. The average Bonchev–Trinajstić information content (AvgIpc) is 3.21. The predicted molar refractivity (Wildman–Crippen MR) is 197 cm³/mol. The number of carbonyl (C=O) groups is 1. The number of allylic oxidation sites excluding steroid dienone is 12. The van der Waals surface area contributed by atoms with E-state index in [1.54, 1.807) is 11.1 Å². The standard InChI is InChI=1S/C37H52N4O2.C3H8/c1-12-17-26(5)32(14-3)35(29(8)41-21-20-40(25-28(41)7)36(42)43-37(9,10)11)34(39-15-4)22-27(6)33-23-30(24-38)18-16-19-31(33)13-2;1-3-2/h14-16,18,23,28H,4-6,12-13,17,19-22,25H2,1-3,7-11H3;3H2,1-2H3/b32-14-,35-29+,39-34?;/t28-;/m0./s1. The van der Waals surface area contributed by atoms with Gasteiger partial charge in [-0.1, -0.05) is 78.0 Å². The van der Waals surface area contributed by atoms with E-state index in [1.807, 2.05) is 45.9 Å².